The van der Waals surface area contributed by atoms with Gasteiger partial charge in [-0.2, -0.15) is 0 Å². The minimum absolute atomic E-state index is 0.0230. The van der Waals surface area contributed by atoms with Crippen LogP contribution < -0.4 is 19.7 Å². The number of amides is 1. The standard InChI is InChI=1S/C29H24ClN3O6/c1-33(19-7-5-18(30)6-8-19)20-9-13-25(31-16-20)27(34)17-4-12-24(23(14-17)29(36)37)32-28(35)22-11-10-21(38-2)15-26(22)39-3/h4-16H,1-3H3,(H,32,35)(H,36,37). The SMILES string of the molecule is COc1ccc(C(=O)Nc2ccc(C(=O)c3ccc(N(C)c4ccc(Cl)cc4)cn3)cc2C(=O)O)c(OC)c1. The average Bonchev–Trinajstić information content (AvgIpc) is 2.96. The summed E-state index contributed by atoms with van der Waals surface area (Å²) < 4.78 is 10.4. The van der Waals surface area contributed by atoms with Crippen molar-refractivity contribution in [2.75, 3.05) is 31.5 Å². The highest BCUT2D eigenvalue weighted by Gasteiger charge is 2.20. The molecule has 10 heteroatoms. The van der Waals surface area contributed by atoms with Gasteiger partial charge in [0.05, 0.1) is 42.9 Å². The van der Waals surface area contributed by atoms with E-state index in [4.69, 9.17) is 21.1 Å². The number of carbonyl (C=O) groups is 3. The number of hydrogen-bond donors (Lipinski definition) is 2. The molecule has 1 heterocycles. The van der Waals surface area contributed by atoms with Crippen LogP contribution in [0.1, 0.15) is 36.8 Å². The number of benzene rings is 3. The molecule has 0 fully saturated rings. The third kappa shape index (κ3) is 6.00. The number of aromatic carboxylic acids is 1. The molecule has 4 aromatic rings. The average molecular weight is 546 g/mol. The minimum Gasteiger partial charge on any atom is -0.497 e. The van der Waals surface area contributed by atoms with Gasteiger partial charge in [0, 0.05) is 29.4 Å². The lowest BCUT2D eigenvalue weighted by molar-refractivity contribution is 0.0698. The highest BCUT2D eigenvalue weighted by Crippen LogP contribution is 2.28. The number of carboxylic acids is 1. The summed E-state index contributed by atoms with van der Waals surface area (Å²) >= 11 is 5.96. The van der Waals surface area contributed by atoms with Crippen molar-refractivity contribution in [3.8, 4) is 11.5 Å². The van der Waals surface area contributed by atoms with E-state index in [1.165, 1.54) is 38.5 Å². The van der Waals surface area contributed by atoms with Gasteiger partial charge in [-0.05, 0) is 66.7 Å². The first-order valence-corrected chi connectivity index (χ1v) is 12.0. The number of rotatable bonds is 9. The highest BCUT2D eigenvalue weighted by molar-refractivity contribution is 6.30. The number of ketones is 1. The van der Waals surface area contributed by atoms with Crippen molar-refractivity contribution < 1.29 is 29.0 Å². The second kappa shape index (κ2) is 11.7. The summed E-state index contributed by atoms with van der Waals surface area (Å²) in [5.74, 6) is -1.61. The predicted molar refractivity (Wildman–Crippen MR) is 148 cm³/mol. The number of hydrogen-bond acceptors (Lipinski definition) is 7. The van der Waals surface area contributed by atoms with Crippen molar-refractivity contribution in [2.24, 2.45) is 0 Å². The normalized spacial score (nSPS) is 10.5. The van der Waals surface area contributed by atoms with E-state index >= 15 is 0 Å². The van der Waals surface area contributed by atoms with E-state index in [-0.39, 0.29) is 33.8 Å². The first kappa shape index (κ1) is 27.2. The van der Waals surface area contributed by atoms with Gasteiger partial charge in [-0.15, -0.1) is 0 Å². The van der Waals surface area contributed by atoms with Crippen LogP contribution in [-0.4, -0.2) is 49.0 Å². The zero-order valence-electron chi connectivity index (χ0n) is 21.3. The van der Waals surface area contributed by atoms with Crippen molar-refractivity contribution in [3.05, 3.63) is 106 Å². The number of halogens is 1. The molecule has 1 amide bonds. The second-order valence-corrected chi connectivity index (χ2v) is 8.79. The molecule has 0 saturated carbocycles. The monoisotopic (exact) mass is 545 g/mol. The smallest absolute Gasteiger partial charge is 0.337 e. The van der Waals surface area contributed by atoms with Crippen LogP contribution in [0.4, 0.5) is 17.1 Å². The number of ether oxygens (including phenoxy) is 2. The van der Waals surface area contributed by atoms with E-state index in [1.807, 2.05) is 24.1 Å². The van der Waals surface area contributed by atoms with Gasteiger partial charge in [-0.3, -0.25) is 14.6 Å². The third-order valence-corrected chi connectivity index (χ3v) is 6.25. The summed E-state index contributed by atoms with van der Waals surface area (Å²) in [6.45, 7) is 0. The number of methoxy groups -OCH3 is 2. The molecule has 0 aliphatic heterocycles. The van der Waals surface area contributed by atoms with Gasteiger partial charge in [0.15, 0.2) is 0 Å². The molecule has 9 nitrogen and oxygen atoms in total. The molecule has 2 N–H and O–H groups in total. The van der Waals surface area contributed by atoms with Crippen LogP contribution in [-0.2, 0) is 0 Å². The largest absolute Gasteiger partial charge is 0.497 e. The Hall–Kier alpha value is -4.89. The molecule has 0 unspecified atom stereocenters. The lowest BCUT2D eigenvalue weighted by Crippen LogP contribution is -2.16. The Morgan fingerprint density at radius 1 is 0.872 bits per heavy atom. The molecule has 0 radical (unpaired) electrons. The Bertz CT molecular complexity index is 1540. The fraction of sp³-hybridized carbons (Fsp3) is 0.103. The predicted octanol–water partition coefficient (Wildman–Crippen LogP) is 5.70. The Morgan fingerprint density at radius 3 is 2.21 bits per heavy atom. The van der Waals surface area contributed by atoms with Gasteiger partial charge >= 0.3 is 5.97 Å². The molecule has 0 bridgehead atoms. The van der Waals surface area contributed by atoms with Crippen molar-refractivity contribution in [2.45, 2.75) is 0 Å². The van der Waals surface area contributed by atoms with E-state index in [0.717, 1.165) is 11.4 Å². The highest BCUT2D eigenvalue weighted by atomic mass is 35.5. The maximum absolute atomic E-state index is 13.1. The van der Waals surface area contributed by atoms with Crippen LogP contribution >= 0.6 is 11.6 Å². The summed E-state index contributed by atoms with van der Waals surface area (Å²) in [5, 5.41) is 13.0. The van der Waals surface area contributed by atoms with E-state index in [9.17, 15) is 19.5 Å². The maximum atomic E-state index is 13.1. The van der Waals surface area contributed by atoms with Crippen molar-refractivity contribution >= 4 is 46.3 Å². The first-order valence-electron chi connectivity index (χ1n) is 11.6. The lowest BCUT2D eigenvalue weighted by atomic mass is 10.0. The molecular weight excluding hydrogens is 522 g/mol. The first-order chi connectivity index (χ1) is 18.7. The van der Waals surface area contributed by atoms with Crippen LogP contribution in [0.5, 0.6) is 11.5 Å². The number of carboxylic acid groups (broad SMARTS) is 1. The quantitative estimate of drug-likeness (QED) is 0.257. The summed E-state index contributed by atoms with van der Waals surface area (Å²) in [6, 6.07) is 19.2. The van der Waals surface area contributed by atoms with E-state index in [0.29, 0.717) is 10.8 Å². The molecule has 4 rings (SSSR count). The van der Waals surface area contributed by atoms with Crippen LogP contribution in [0.2, 0.25) is 5.02 Å². The number of anilines is 3. The summed E-state index contributed by atoms with van der Waals surface area (Å²) in [6.07, 6.45) is 1.55. The molecule has 0 spiro atoms. The fourth-order valence-electron chi connectivity index (χ4n) is 3.83. The van der Waals surface area contributed by atoms with Gasteiger partial charge in [0.2, 0.25) is 5.78 Å². The Labute approximate surface area is 229 Å². The van der Waals surface area contributed by atoms with Crippen molar-refractivity contribution in [3.63, 3.8) is 0 Å². The molecule has 0 aliphatic rings. The fourth-order valence-corrected chi connectivity index (χ4v) is 3.95. The zero-order chi connectivity index (χ0) is 28.1. The number of carbonyl (C=O) groups excluding carboxylic acids is 2. The Morgan fingerprint density at radius 2 is 1.59 bits per heavy atom. The number of nitrogens with zero attached hydrogens (tertiary/aromatic N) is 2. The van der Waals surface area contributed by atoms with Gasteiger partial charge in [-0.1, -0.05) is 11.6 Å². The van der Waals surface area contributed by atoms with E-state index < -0.39 is 17.7 Å². The van der Waals surface area contributed by atoms with Gasteiger partial charge in [-0.25, -0.2) is 4.79 Å². The van der Waals surface area contributed by atoms with Crippen LogP contribution in [0.25, 0.3) is 0 Å². The summed E-state index contributed by atoms with van der Waals surface area (Å²) in [4.78, 5) is 44.2. The van der Waals surface area contributed by atoms with Crippen LogP contribution in [0.15, 0.2) is 79.0 Å². The minimum atomic E-state index is -1.31. The second-order valence-electron chi connectivity index (χ2n) is 8.35. The number of nitrogens with one attached hydrogen (secondary N) is 1. The summed E-state index contributed by atoms with van der Waals surface area (Å²) in [7, 11) is 4.75. The molecule has 39 heavy (non-hydrogen) atoms. The topological polar surface area (TPSA) is 118 Å². The van der Waals surface area contributed by atoms with E-state index in [1.54, 1.807) is 42.6 Å². The van der Waals surface area contributed by atoms with Crippen molar-refractivity contribution in [1.82, 2.24) is 4.98 Å². The molecule has 0 saturated heterocycles. The van der Waals surface area contributed by atoms with Gasteiger partial charge in [0.25, 0.3) is 5.91 Å². The molecule has 198 valence electrons. The van der Waals surface area contributed by atoms with E-state index in [2.05, 4.69) is 10.3 Å². The summed E-state index contributed by atoms with van der Waals surface area (Å²) in [5.41, 5.74) is 1.83. The molecule has 0 atom stereocenters. The molecule has 0 aliphatic carbocycles. The number of aromatic nitrogens is 1. The Balaban J connectivity index is 1.55. The molecule has 3 aromatic carbocycles. The van der Waals surface area contributed by atoms with Gasteiger partial charge in [0.1, 0.15) is 17.2 Å². The Kier molecular flexibility index (Phi) is 8.12. The number of pyridine rings is 1. The maximum Gasteiger partial charge on any atom is 0.337 e. The third-order valence-electron chi connectivity index (χ3n) is 6.00. The molecular formula is C29H24ClN3O6. The van der Waals surface area contributed by atoms with Crippen LogP contribution in [0.3, 0.4) is 0 Å². The van der Waals surface area contributed by atoms with Crippen LogP contribution in [0, 0.1) is 0 Å². The van der Waals surface area contributed by atoms with Gasteiger partial charge < -0.3 is 24.8 Å². The zero-order valence-corrected chi connectivity index (χ0v) is 22.0. The van der Waals surface area contributed by atoms with Crippen molar-refractivity contribution in [1.29, 1.82) is 0 Å². The molecule has 1 aromatic heterocycles. The lowest BCUT2D eigenvalue weighted by Gasteiger charge is -2.19.